The van der Waals surface area contributed by atoms with Gasteiger partial charge in [0.25, 0.3) is 0 Å². The Morgan fingerprint density at radius 3 is 1.52 bits per heavy atom. The molecule has 294 valence electrons. The SMILES string of the molecule is c1ccc(-c2ccc(N(c3ccccc3)c3ccc4c(c3)C3(c5ccccc5-c5ccccc53)c3ccccc3-4)c(-c3ccc4c5ccccc5n(-c5ccccc5)c4c3)c2)cc1. The lowest BCUT2D eigenvalue weighted by Crippen LogP contribution is -2.26. The van der Waals surface area contributed by atoms with Gasteiger partial charge in [-0.25, -0.2) is 0 Å². The van der Waals surface area contributed by atoms with Gasteiger partial charge in [-0.05, 0) is 122 Å². The lowest BCUT2D eigenvalue weighted by Gasteiger charge is -2.33. The molecule has 2 aliphatic carbocycles. The Bertz CT molecular complexity index is 3500. The first-order chi connectivity index (χ1) is 31.3. The van der Waals surface area contributed by atoms with Crippen molar-refractivity contribution < 1.29 is 0 Å². The van der Waals surface area contributed by atoms with Crippen LogP contribution in [0.1, 0.15) is 22.3 Å². The van der Waals surface area contributed by atoms with Crippen molar-refractivity contribution in [1.82, 2.24) is 4.57 Å². The van der Waals surface area contributed by atoms with E-state index in [1.807, 2.05) is 0 Å². The highest BCUT2D eigenvalue weighted by Gasteiger charge is 2.51. The van der Waals surface area contributed by atoms with Crippen molar-refractivity contribution in [3.8, 4) is 50.2 Å². The van der Waals surface area contributed by atoms with E-state index in [0.29, 0.717) is 0 Å². The second kappa shape index (κ2) is 13.9. The maximum absolute atomic E-state index is 2.49. The second-order valence-corrected chi connectivity index (χ2v) is 16.8. The van der Waals surface area contributed by atoms with Crippen LogP contribution in [0.3, 0.4) is 0 Å². The summed E-state index contributed by atoms with van der Waals surface area (Å²) in [5, 5.41) is 2.48. The van der Waals surface area contributed by atoms with Crippen LogP contribution in [0.25, 0.3) is 72.0 Å². The molecule has 13 rings (SSSR count). The first-order valence-corrected chi connectivity index (χ1v) is 21.8. The van der Waals surface area contributed by atoms with Crippen LogP contribution in [-0.4, -0.2) is 4.57 Å². The van der Waals surface area contributed by atoms with Crippen LogP contribution in [0.15, 0.2) is 243 Å². The van der Waals surface area contributed by atoms with E-state index in [1.165, 1.54) is 77.4 Å². The first kappa shape index (κ1) is 35.5. The summed E-state index contributed by atoms with van der Waals surface area (Å²) >= 11 is 0. The van der Waals surface area contributed by atoms with E-state index in [2.05, 4.69) is 252 Å². The molecule has 1 aromatic heterocycles. The molecule has 2 heteroatoms. The van der Waals surface area contributed by atoms with Gasteiger partial charge in [-0.1, -0.05) is 182 Å². The van der Waals surface area contributed by atoms with Crippen molar-refractivity contribution in [2.75, 3.05) is 4.90 Å². The zero-order chi connectivity index (χ0) is 41.5. The molecule has 10 aromatic carbocycles. The summed E-state index contributed by atoms with van der Waals surface area (Å²) in [6.07, 6.45) is 0. The quantitative estimate of drug-likeness (QED) is 0.163. The number of rotatable bonds is 6. The zero-order valence-electron chi connectivity index (χ0n) is 34.5. The Labute approximate surface area is 367 Å². The molecule has 0 N–H and O–H groups in total. The van der Waals surface area contributed by atoms with E-state index < -0.39 is 5.41 Å². The van der Waals surface area contributed by atoms with Crippen LogP contribution in [-0.2, 0) is 5.41 Å². The highest BCUT2D eigenvalue weighted by Crippen LogP contribution is 2.63. The summed E-state index contributed by atoms with van der Waals surface area (Å²) in [6.45, 7) is 0. The number of anilines is 3. The van der Waals surface area contributed by atoms with Crippen LogP contribution in [0.5, 0.6) is 0 Å². The van der Waals surface area contributed by atoms with Crippen molar-refractivity contribution in [3.63, 3.8) is 0 Å². The molecule has 0 radical (unpaired) electrons. The van der Waals surface area contributed by atoms with Crippen molar-refractivity contribution >= 4 is 38.9 Å². The van der Waals surface area contributed by atoms with E-state index in [4.69, 9.17) is 0 Å². The van der Waals surface area contributed by atoms with Crippen LogP contribution in [0.2, 0.25) is 0 Å². The summed E-state index contributed by atoms with van der Waals surface area (Å²) < 4.78 is 2.42. The molecule has 1 heterocycles. The predicted molar refractivity (Wildman–Crippen MR) is 263 cm³/mol. The normalized spacial score (nSPS) is 12.9. The molecule has 0 amide bonds. The van der Waals surface area contributed by atoms with Gasteiger partial charge in [0.05, 0.1) is 22.1 Å². The second-order valence-electron chi connectivity index (χ2n) is 16.8. The minimum atomic E-state index is -0.451. The van der Waals surface area contributed by atoms with E-state index in [-0.39, 0.29) is 0 Å². The minimum absolute atomic E-state index is 0.451. The molecule has 1 spiro atoms. The Kier molecular flexibility index (Phi) is 7.85. The van der Waals surface area contributed by atoms with Gasteiger partial charge < -0.3 is 9.47 Å². The Morgan fingerprint density at radius 1 is 0.302 bits per heavy atom. The van der Waals surface area contributed by atoms with Crippen LogP contribution >= 0.6 is 0 Å². The molecule has 0 atom stereocenters. The van der Waals surface area contributed by atoms with Gasteiger partial charge in [0.15, 0.2) is 0 Å². The van der Waals surface area contributed by atoms with E-state index in [9.17, 15) is 0 Å². The molecule has 0 aliphatic heterocycles. The molecular weight excluding hydrogens is 761 g/mol. The largest absolute Gasteiger partial charge is 0.310 e. The van der Waals surface area contributed by atoms with Crippen molar-refractivity contribution in [2.45, 2.75) is 5.41 Å². The van der Waals surface area contributed by atoms with Crippen LogP contribution in [0, 0.1) is 0 Å². The van der Waals surface area contributed by atoms with Crippen LogP contribution in [0.4, 0.5) is 17.1 Å². The highest BCUT2D eigenvalue weighted by molar-refractivity contribution is 6.11. The molecule has 0 saturated heterocycles. The molecule has 2 nitrogen and oxygen atoms in total. The molecule has 63 heavy (non-hydrogen) atoms. The molecular formula is C61H40N2. The molecule has 0 fully saturated rings. The number of fused-ring (bicyclic) bond motifs is 13. The molecule has 0 bridgehead atoms. The van der Waals surface area contributed by atoms with Crippen molar-refractivity contribution in [3.05, 3.63) is 265 Å². The summed E-state index contributed by atoms with van der Waals surface area (Å²) in [5.74, 6) is 0. The van der Waals surface area contributed by atoms with E-state index in [1.54, 1.807) is 0 Å². The maximum atomic E-state index is 2.49. The standard InChI is InChI=1S/C61H40N2/c1-4-18-41(19-5-1)42-33-37-59(53(38-42)43-32-35-52-51-27-13-17-31-58(51)63(60(52)39-43)45-22-8-3-9-23-45)62(44-20-6-2-7-21-44)46-34-36-50-49-26-12-16-30-56(49)61(57(50)40-46)54-28-14-10-24-47(54)48-25-11-15-29-55(48)61/h1-40H. The first-order valence-electron chi connectivity index (χ1n) is 21.8. The third-order valence-corrected chi connectivity index (χ3v) is 13.6. The lowest BCUT2D eigenvalue weighted by molar-refractivity contribution is 0.793. The van der Waals surface area contributed by atoms with Gasteiger partial charge in [-0.15, -0.1) is 0 Å². The van der Waals surface area contributed by atoms with Gasteiger partial charge in [-0.3, -0.25) is 0 Å². The van der Waals surface area contributed by atoms with Gasteiger partial charge in [0, 0.05) is 33.4 Å². The monoisotopic (exact) mass is 800 g/mol. The van der Waals surface area contributed by atoms with Gasteiger partial charge >= 0.3 is 0 Å². The predicted octanol–water partition coefficient (Wildman–Crippen LogP) is 15.9. The fourth-order valence-corrected chi connectivity index (χ4v) is 11.0. The Balaban J connectivity index is 1.08. The van der Waals surface area contributed by atoms with Gasteiger partial charge in [0.1, 0.15) is 0 Å². The van der Waals surface area contributed by atoms with E-state index >= 15 is 0 Å². The summed E-state index contributed by atoms with van der Waals surface area (Å²) in [7, 11) is 0. The fraction of sp³-hybridized carbons (Fsp3) is 0.0164. The summed E-state index contributed by atoms with van der Waals surface area (Å²) in [5.41, 5.74) is 21.6. The number of para-hydroxylation sites is 3. The topological polar surface area (TPSA) is 8.17 Å². The third-order valence-electron chi connectivity index (χ3n) is 13.6. The zero-order valence-corrected chi connectivity index (χ0v) is 34.5. The number of nitrogens with zero attached hydrogens (tertiary/aromatic N) is 2. The Hall–Kier alpha value is -8.20. The molecule has 11 aromatic rings. The smallest absolute Gasteiger partial charge is 0.0726 e. The Morgan fingerprint density at radius 2 is 0.841 bits per heavy atom. The fourth-order valence-electron chi connectivity index (χ4n) is 11.0. The minimum Gasteiger partial charge on any atom is -0.310 e. The van der Waals surface area contributed by atoms with Gasteiger partial charge in [-0.2, -0.15) is 0 Å². The molecule has 0 unspecified atom stereocenters. The average Bonchev–Trinajstić information content (AvgIpc) is 3.96. The van der Waals surface area contributed by atoms with Crippen molar-refractivity contribution in [2.24, 2.45) is 0 Å². The number of benzene rings is 10. The van der Waals surface area contributed by atoms with Crippen molar-refractivity contribution in [1.29, 1.82) is 0 Å². The average molecular weight is 801 g/mol. The molecule has 2 aliphatic rings. The molecule has 0 saturated carbocycles. The van der Waals surface area contributed by atoms with E-state index in [0.717, 1.165) is 33.9 Å². The number of aromatic nitrogens is 1. The summed E-state index contributed by atoms with van der Waals surface area (Å²) in [6, 6.07) is 89.6. The van der Waals surface area contributed by atoms with Gasteiger partial charge in [0.2, 0.25) is 0 Å². The number of hydrogen-bond donors (Lipinski definition) is 0. The highest BCUT2D eigenvalue weighted by atomic mass is 15.1. The summed E-state index contributed by atoms with van der Waals surface area (Å²) in [4.78, 5) is 2.48. The number of hydrogen-bond acceptors (Lipinski definition) is 1. The third kappa shape index (κ3) is 5.19. The lowest BCUT2D eigenvalue weighted by atomic mass is 9.70. The maximum Gasteiger partial charge on any atom is 0.0726 e. The van der Waals surface area contributed by atoms with Crippen LogP contribution < -0.4 is 4.90 Å².